The smallest absolute Gasteiger partial charge is 0.430 e. The van der Waals surface area contributed by atoms with Gasteiger partial charge < -0.3 is 14.6 Å². The number of carbonyl (C=O) groups is 2. The molecular weight excluding hydrogens is 493 g/mol. The third-order valence-electron chi connectivity index (χ3n) is 5.65. The van der Waals surface area contributed by atoms with Gasteiger partial charge in [-0.15, -0.1) is 0 Å². The van der Waals surface area contributed by atoms with E-state index in [0.717, 1.165) is 4.90 Å². The lowest BCUT2D eigenvalue weighted by molar-refractivity contribution is 0.0607. The quantitative estimate of drug-likeness (QED) is 0.617. The Morgan fingerprint density at radius 1 is 1.25 bits per heavy atom. The number of ether oxygens (including phenoxy) is 2. The SMILES string of the molecule is C[C@H]1COc2nc(N(C(=O)OC(C)(C)C)S(=O)(=O)C3CC3)c(Cc3ccc(F)cc3)cc2N1C(=O)O. The van der Waals surface area contributed by atoms with Gasteiger partial charge in [0, 0.05) is 12.0 Å². The Bertz CT molecular complexity index is 1290. The number of nitrogens with zero attached hydrogens (tertiary/aromatic N) is 3. The number of aromatic nitrogens is 1. The number of sulfonamides is 1. The van der Waals surface area contributed by atoms with Crippen molar-refractivity contribution in [2.45, 2.75) is 63.9 Å². The number of fused-ring (bicyclic) bond motifs is 1. The molecule has 1 atom stereocenters. The lowest BCUT2D eigenvalue weighted by Gasteiger charge is -2.34. The molecule has 1 aromatic heterocycles. The van der Waals surface area contributed by atoms with E-state index in [9.17, 15) is 27.5 Å². The van der Waals surface area contributed by atoms with Crippen LogP contribution in [0.25, 0.3) is 0 Å². The molecule has 1 fully saturated rings. The highest BCUT2D eigenvalue weighted by Gasteiger charge is 2.46. The van der Waals surface area contributed by atoms with E-state index in [1.54, 1.807) is 27.7 Å². The van der Waals surface area contributed by atoms with Crippen molar-refractivity contribution in [2.75, 3.05) is 15.8 Å². The van der Waals surface area contributed by atoms with Crippen LogP contribution in [0.2, 0.25) is 0 Å². The molecule has 4 rings (SSSR count). The maximum Gasteiger partial charge on any atom is 0.430 e. The number of benzene rings is 1. The molecule has 2 aromatic rings. The first-order valence-corrected chi connectivity index (χ1v) is 13.0. The van der Waals surface area contributed by atoms with Crippen molar-refractivity contribution >= 4 is 33.7 Å². The molecule has 1 aliphatic carbocycles. The molecule has 2 amide bonds. The maximum atomic E-state index is 13.5. The molecule has 12 heteroatoms. The first kappa shape index (κ1) is 25.7. The highest BCUT2D eigenvalue weighted by Crippen LogP contribution is 2.41. The third kappa shape index (κ3) is 5.23. The van der Waals surface area contributed by atoms with Gasteiger partial charge in [-0.1, -0.05) is 12.1 Å². The second-order valence-corrected chi connectivity index (χ2v) is 12.0. The minimum absolute atomic E-state index is 0.00907. The Labute approximate surface area is 208 Å². The average molecular weight is 522 g/mol. The van der Waals surface area contributed by atoms with Gasteiger partial charge >= 0.3 is 12.2 Å². The summed E-state index contributed by atoms with van der Waals surface area (Å²) >= 11 is 0. The van der Waals surface area contributed by atoms with Gasteiger partial charge in [-0.2, -0.15) is 9.29 Å². The van der Waals surface area contributed by atoms with Crippen LogP contribution < -0.4 is 13.9 Å². The Kier molecular flexibility index (Phi) is 6.58. The van der Waals surface area contributed by atoms with Crippen molar-refractivity contribution in [3.05, 3.63) is 47.3 Å². The van der Waals surface area contributed by atoms with E-state index in [4.69, 9.17) is 9.47 Å². The molecule has 10 nitrogen and oxygen atoms in total. The summed E-state index contributed by atoms with van der Waals surface area (Å²) in [5.74, 6) is -0.805. The van der Waals surface area contributed by atoms with Crippen LogP contribution in [0.4, 0.5) is 25.5 Å². The van der Waals surface area contributed by atoms with Crippen molar-refractivity contribution in [1.82, 2.24) is 4.98 Å². The van der Waals surface area contributed by atoms with Crippen LogP contribution in [0.5, 0.6) is 5.88 Å². The number of rotatable bonds is 5. The molecule has 0 bridgehead atoms. The number of hydrogen-bond acceptors (Lipinski definition) is 7. The topological polar surface area (TPSA) is 126 Å². The summed E-state index contributed by atoms with van der Waals surface area (Å²) in [5.41, 5.74) is -0.0420. The summed E-state index contributed by atoms with van der Waals surface area (Å²) in [6.07, 6.45) is -1.54. The monoisotopic (exact) mass is 521 g/mol. The van der Waals surface area contributed by atoms with Gasteiger partial charge in [-0.3, -0.25) is 4.90 Å². The van der Waals surface area contributed by atoms with Gasteiger partial charge in [0.15, 0.2) is 5.82 Å². The van der Waals surface area contributed by atoms with Gasteiger partial charge in [0.05, 0.1) is 11.3 Å². The van der Waals surface area contributed by atoms with Crippen LogP contribution in [-0.4, -0.2) is 54.2 Å². The molecule has 1 N–H and O–H groups in total. The standard InChI is InChI=1S/C24H28FN3O7S/c1-14-13-34-21-19(27(14)22(29)30)12-16(11-15-5-7-17(25)8-6-15)20(26-21)28(23(31)35-24(2,3)4)36(32,33)18-9-10-18/h5-8,12,14,18H,9-11,13H2,1-4H3,(H,29,30)/t14-/m0/s1. The highest BCUT2D eigenvalue weighted by molar-refractivity contribution is 7.94. The zero-order valence-corrected chi connectivity index (χ0v) is 21.2. The number of hydrogen-bond donors (Lipinski definition) is 1. The second-order valence-electron chi connectivity index (χ2n) is 9.90. The third-order valence-corrected chi connectivity index (χ3v) is 7.80. The number of anilines is 2. The predicted octanol–water partition coefficient (Wildman–Crippen LogP) is 4.31. The van der Waals surface area contributed by atoms with Gasteiger partial charge in [-0.25, -0.2) is 22.4 Å². The molecule has 36 heavy (non-hydrogen) atoms. The predicted molar refractivity (Wildman–Crippen MR) is 130 cm³/mol. The molecule has 1 aromatic carbocycles. The van der Waals surface area contributed by atoms with Crippen molar-refractivity contribution in [3.8, 4) is 5.88 Å². The van der Waals surface area contributed by atoms with Crippen molar-refractivity contribution in [3.63, 3.8) is 0 Å². The van der Waals surface area contributed by atoms with E-state index in [1.807, 2.05) is 0 Å². The molecular formula is C24H28FN3O7S. The van der Waals surface area contributed by atoms with Gasteiger partial charge in [0.1, 0.15) is 23.7 Å². The summed E-state index contributed by atoms with van der Waals surface area (Å²) in [5, 5.41) is 9.03. The number of carboxylic acid groups (broad SMARTS) is 1. The minimum Gasteiger partial charge on any atom is -0.474 e. The van der Waals surface area contributed by atoms with E-state index in [1.165, 1.54) is 30.3 Å². The lowest BCUT2D eigenvalue weighted by atomic mass is 10.0. The Balaban J connectivity index is 1.92. The van der Waals surface area contributed by atoms with Crippen LogP contribution >= 0.6 is 0 Å². The highest BCUT2D eigenvalue weighted by atomic mass is 32.2. The molecule has 0 radical (unpaired) electrons. The minimum atomic E-state index is -4.19. The van der Waals surface area contributed by atoms with Gasteiger partial charge in [0.25, 0.3) is 0 Å². The first-order chi connectivity index (χ1) is 16.8. The number of carbonyl (C=O) groups excluding carboxylic acids is 1. The zero-order chi connectivity index (χ0) is 26.4. The van der Waals surface area contributed by atoms with E-state index in [2.05, 4.69) is 4.98 Å². The van der Waals surface area contributed by atoms with Crippen molar-refractivity contribution < 1.29 is 37.0 Å². The van der Waals surface area contributed by atoms with Crippen LogP contribution in [0, 0.1) is 5.82 Å². The molecule has 0 spiro atoms. The van der Waals surface area contributed by atoms with E-state index in [0.29, 0.717) is 22.7 Å². The van der Waals surface area contributed by atoms with Crippen molar-refractivity contribution in [2.24, 2.45) is 0 Å². The fourth-order valence-corrected chi connectivity index (χ4v) is 5.53. The molecule has 1 saturated carbocycles. The molecule has 2 heterocycles. The summed E-state index contributed by atoms with van der Waals surface area (Å²) in [6, 6.07) is 6.45. The molecule has 194 valence electrons. The van der Waals surface area contributed by atoms with E-state index >= 15 is 0 Å². The molecule has 0 saturated heterocycles. The fourth-order valence-electron chi connectivity index (χ4n) is 3.86. The summed E-state index contributed by atoms with van der Waals surface area (Å²) < 4.78 is 52.1. The Morgan fingerprint density at radius 3 is 2.44 bits per heavy atom. The first-order valence-electron chi connectivity index (χ1n) is 11.5. The van der Waals surface area contributed by atoms with E-state index in [-0.39, 0.29) is 36.0 Å². The molecule has 1 aliphatic heterocycles. The number of pyridine rings is 1. The lowest BCUT2D eigenvalue weighted by Crippen LogP contribution is -2.46. The summed E-state index contributed by atoms with van der Waals surface area (Å²) in [7, 11) is -4.19. The number of amides is 2. The van der Waals surface area contributed by atoms with Crippen LogP contribution in [0.1, 0.15) is 51.7 Å². The fraction of sp³-hybridized carbons (Fsp3) is 0.458. The largest absolute Gasteiger partial charge is 0.474 e. The average Bonchev–Trinajstić information content (AvgIpc) is 3.60. The van der Waals surface area contributed by atoms with Crippen LogP contribution in [-0.2, 0) is 21.2 Å². The summed E-state index contributed by atoms with van der Waals surface area (Å²) in [4.78, 5) is 30.7. The number of halogens is 1. The van der Waals surface area contributed by atoms with Crippen LogP contribution in [0.15, 0.2) is 30.3 Å². The molecule has 0 unspecified atom stereocenters. The Hall–Kier alpha value is -3.41. The zero-order valence-electron chi connectivity index (χ0n) is 20.4. The van der Waals surface area contributed by atoms with Gasteiger partial charge in [0.2, 0.25) is 15.9 Å². The summed E-state index contributed by atoms with van der Waals surface area (Å²) in [6.45, 7) is 6.49. The molecule has 2 aliphatic rings. The second kappa shape index (κ2) is 9.23. The maximum absolute atomic E-state index is 13.5. The normalized spacial score (nSPS) is 17.7. The van der Waals surface area contributed by atoms with Crippen LogP contribution in [0.3, 0.4) is 0 Å². The van der Waals surface area contributed by atoms with Crippen molar-refractivity contribution in [1.29, 1.82) is 0 Å². The Morgan fingerprint density at radius 2 is 1.89 bits per heavy atom. The van der Waals surface area contributed by atoms with Gasteiger partial charge in [-0.05, 0) is 64.3 Å². The van der Waals surface area contributed by atoms with E-state index < -0.39 is 44.9 Å².